The molecule has 3 nitrogen and oxygen atoms in total. The number of benzene rings is 1. The van der Waals surface area contributed by atoms with Gasteiger partial charge in [-0.2, -0.15) is 0 Å². The highest BCUT2D eigenvalue weighted by atomic mass is 32.1. The lowest BCUT2D eigenvalue weighted by Crippen LogP contribution is -2.34. The molecule has 1 N–H and O–H groups in total. The summed E-state index contributed by atoms with van der Waals surface area (Å²) in [5, 5.41) is 0. The second kappa shape index (κ2) is 3.30. The van der Waals surface area contributed by atoms with Gasteiger partial charge in [-0.05, 0) is 18.1 Å². The minimum absolute atomic E-state index is 0.159. The SMILES string of the molecule is O=C(NS)N1CCc2ccccc21. The zero-order chi connectivity index (χ0) is 9.26. The van der Waals surface area contributed by atoms with Crippen molar-refractivity contribution in [3.05, 3.63) is 29.8 Å². The third-order valence-corrected chi connectivity index (χ3v) is 2.42. The smallest absolute Gasteiger partial charge is 0.293 e. The Morgan fingerprint density at radius 3 is 3.00 bits per heavy atom. The topological polar surface area (TPSA) is 32.3 Å². The van der Waals surface area contributed by atoms with E-state index in [0.29, 0.717) is 0 Å². The molecule has 2 rings (SSSR count). The number of nitrogens with zero attached hydrogens (tertiary/aromatic N) is 1. The summed E-state index contributed by atoms with van der Waals surface area (Å²) in [5.74, 6) is 0. The molecule has 1 aromatic rings. The Bertz CT molecular complexity index is 340. The molecule has 1 heterocycles. The Labute approximate surface area is 82.3 Å². The number of hydrogen-bond acceptors (Lipinski definition) is 2. The van der Waals surface area contributed by atoms with E-state index in [2.05, 4.69) is 17.5 Å². The van der Waals surface area contributed by atoms with Crippen LogP contribution in [-0.4, -0.2) is 12.6 Å². The summed E-state index contributed by atoms with van der Waals surface area (Å²) in [4.78, 5) is 13.0. The van der Waals surface area contributed by atoms with Crippen LogP contribution < -0.4 is 9.62 Å². The van der Waals surface area contributed by atoms with Crippen LogP contribution in [0.25, 0.3) is 0 Å². The number of anilines is 1. The number of carbonyl (C=O) groups excluding carboxylic acids is 1. The van der Waals surface area contributed by atoms with Gasteiger partial charge in [0, 0.05) is 12.2 Å². The molecule has 4 heteroatoms. The van der Waals surface area contributed by atoms with Crippen molar-refractivity contribution in [2.24, 2.45) is 0 Å². The third kappa shape index (κ3) is 1.37. The Kier molecular flexibility index (Phi) is 2.14. The van der Waals surface area contributed by atoms with Gasteiger partial charge in [0.15, 0.2) is 0 Å². The highest BCUT2D eigenvalue weighted by Crippen LogP contribution is 2.27. The monoisotopic (exact) mass is 194 g/mol. The number of rotatable bonds is 0. The largest absolute Gasteiger partial charge is 0.331 e. The first-order chi connectivity index (χ1) is 6.33. The lowest BCUT2D eigenvalue weighted by Gasteiger charge is -2.15. The summed E-state index contributed by atoms with van der Waals surface area (Å²) in [6.07, 6.45) is 0.928. The lowest BCUT2D eigenvalue weighted by atomic mass is 10.2. The predicted octanol–water partition coefficient (Wildman–Crippen LogP) is 1.60. The van der Waals surface area contributed by atoms with E-state index in [4.69, 9.17) is 0 Å². The molecule has 68 valence electrons. The maximum atomic E-state index is 11.3. The number of amides is 2. The number of carbonyl (C=O) groups is 1. The molecule has 13 heavy (non-hydrogen) atoms. The van der Waals surface area contributed by atoms with Crippen molar-refractivity contribution in [2.75, 3.05) is 11.4 Å². The number of urea groups is 1. The van der Waals surface area contributed by atoms with E-state index < -0.39 is 0 Å². The maximum absolute atomic E-state index is 11.3. The predicted molar refractivity (Wildman–Crippen MR) is 55.0 cm³/mol. The first-order valence-corrected chi connectivity index (χ1v) is 4.57. The van der Waals surface area contributed by atoms with Gasteiger partial charge in [0.1, 0.15) is 0 Å². The summed E-state index contributed by atoms with van der Waals surface area (Å²) in [6.45, 7) is 0.742. The standard InChI is InChI=1S/C9H10N2OS/c12-9(10-13)11-6-5-7-3-1-2-4-8(7)11/h1-4,13H,5-6H2,(H,10,12). The lowest BCUT2D eigenvalue weighted by molar-refractivity contribution is 0.252. The summed E-state index contributed by atoms with van der Waals surface area (Å²) in [6, 6.07) is 7.75. The van der Waals surface area contributed by atoms with Crippen LogP contribution in [0, 0.1) is 0 Å². The molecule has 1 aromatic carbocycles. The Morgan fingerprint density at radius 1 is 1.46 bits per heavy atom. The highest BCUT2D eigenvalue weighted by molar-refractivity contribution is 7.78. The van der Waals surface area contributed by atoms with Crippen LogP contribution in [0.5, 0.6) is 0 Å². The number of nitrogens with one attached hydrogen (secondary N) is 1. The van der Waals surface area contributed by atoms with E-state index in [0.717, 1.165) is 18.7 Å². The summed E-state index contributed by atoms with van der Waals surface area (Å²) in [7, 11) is 0. The van der Waals surface area contributed by atoms with E-state index in [1.807, 2.05) is 24.3 Å². The van der Waals surface area contributed by atoms with E-state index >= 15 is 0 Å². The molecule has 0 aliphatic carbocycles. The van der Waals surface area contributed by atoms with Gasteiger partial charge in [-0.3, -0.25) is 9.62 Å². The molecular formula is C9H10N2OS. The molecule has 0 fully saturated rings. The number of fused-ring (bicyclic) bond motifs is 1. The summed E-state index contributed by atoms with van der Waals surface area (Å²) >= 11 is 3.74. The van der Waals surface area contributed by atoms with Gasteiger partial charge in [-0.1, -0.05) is 31.0 Å². The van der Waals surface area contributed by atoms with Crippen molar-refractivity contribution < 1.29 is 4.79 Å². The van der Waals surface area contributed by atoms with Crippen LogP contribution >= 0.6 is 12.8 Å². The number of thiol groups is 1. The van der Waals surface area contributed by atoms with Gasteiger partial charge in [-0.25, -0.2) is 4.79 Å². The maximum Gasteiger partial charge on any atom is 0.331 e. The van der Waals surface area contributed by atoms with Crippen molar-refractivity contribution >= 4 is 24.5 Å². The van der Waals surface area contributed by atoms with Crippen molar-refractivity contribution in [1.82, 2.24) is 4.72 Å². The molecule has 0 bridgehead atoms. The zero-order valence-electron chi connectivity index (χ0n) is 7.03. The van der Waals surface area contributed by atoms with Crippen LogP contribution in [0.4, 0.5) is 10.5 Å². The van der Waals surface area contributed by atoms with E-state index in [-0.39, 0.29) is 6.03 Å². The minimum atomic E-state index is -0.159. The molecule has 1 aliphatic rings. The molecule has 0 radical (unpaired) electrons. The average Bonchev–Trinajstić information content (AvgIpc) is 2.60. The van der Waals surface area contributed by atoms with Crippen LogP contribution in [0.15, 0.2) is 24.3 Å². The molecular weight excluding hydrogens is 184 g/mol. The third-order valence-electron chi connectivity index (χ3n) is 2.23. The summed E-state index contributed by atoms with van der Waals surface area (Å²) in [5.41, 5.74) is 2.22. The van der Waals surface area contributed by atoms with Crippen LogP contribution in [-0.2, 0) is 6.42 Å². The summed E-state index contributed by atoms with van der Waals surface area (Å²) < 4.78 is 2.33. The molecule has 1 aliphatic heterocycles. The first kappa shape index (κ1) is 8.44. The average molecular weight is 194 g/mol. The quantitative estimate of drug-likeness (QED) is 0.604. The van der Waals surface area contributed by atoms with Crippen LogP contribution in [0.1, 0.15) is 5.56 Å². The fourth-order valence-corrected chi connectivity index (χ4v) is 1.73. The molecule has 2 amide bonds. The molecule has 0 saturated carbocycles. The Hall–Kier alpha value is -1.16. The van der Waals surface area contributed by atoms with Gasteiger partial charge < -0.3 is 0 Å². The molecule has 0 spiro atoms. The molecule has 0 aromatic heterocycles. The molecule has 0 atom stereocenters. The normalized spacial score (nSPS) is 14.1. The fourth-order valence-electron chi connectivity index (χ4n) is 1.61. The first-order valence-electron chi connectivity index (χ1n) is 4.12. The number of para-hydroxylation sites is 1. The number of hydrogen-bond donors (Lipinski definition) is 2. The van der Waals surface area contributed by atoms with Crippen molar-refractivity contribution in [3.8, 4) is 0 Å². The Morgan fingerprint density at radius 2 is 2.23 bits per heavy atom. The van der Waals surface area contributed by atoms with Crippen LogP contribution in [0.2, 0.25) is 0 Å². The van der Waals surface area contributed by atoms with Gasteiger partial charge in [-0.15, -0.1) is 0 Å². The van der Waals surface area contributed by atoms with Gasteiger partial charge in [0.2, 0.25) is 0 Å². The van der Waals surface area contributed by atoms with Crippen LogP contribution in [0.3, 0.4) is 0 Å². The molecule has 0 unspecified atom stereocenters. The van der Waals surface area contributed by atoms with E-state index in [9.17, 15) is 4.79 Å². The van der Waals surface area contributed by atoms with Crippen molar-refractivity contribution in [3.63, 3.8) is 0 Å². The zero-order valence-corrected chi connectivity index (χ0v) is 7.92. The second-order valence-electron chi connectivity index (χ2n) is 2.95. The second-order valence-corrected chi connectivity index (χ2v) is 3.17. The van der Waals surface area contributed by atoms with Gasteiger partial charge in [0.25, 0.3) is 0 Å². The highest BCUT2D eigenvalue weighted by Gasteiger charge is 2.22. The van der Waals surface area contributed by atoms with Gasteiger partial charge in [0.05, 0.1) is 0 Å². The molecule has 0 saturated heterocycles. The van der Waals surface area contributed by atoms with Crippen molar-refractivity contribution in [1.29, 1.82) is 0 Å². The Balaban J connectivity index is 2.33. The van der Waals surface area contributed by atoms with Crippen molar-refractivity contribution in [2.45, 2.75) is 6.42 Å². The minimum Gasteiger partial charge on any atom is -0.293 e. The fraction of sp³-hybridized carbons (Fsp3) is 0.222. The van der Waals surface area contributed by atoms with Gasteiger partial charge >= 0.3 is 6.03 Å². The van der Waals surface area contributed by atoms with E-state index in [1.54, 1.807) is 4.90 Å². The van der Waals surface area contributed by atoms with E-state index in [1.165, 1.54) is 5.56 Å².